The Hall–Kier alpha value is -0.760. The largest absolute Gasteiger partial charge is 0.417 e. The third kappa shape index (κ3) is 5.02. The molecule has 0 atom stereocenters. The molecule has 8 heteroatoms. The summed E-state index contributed by atoms with van der Waals surface area (Å²) in [5, 5.41) is 2.67. The maximum absolute atomic E-state index is 12.6. The Morgan fingerprint density at radius 2 is 1.95 bits per heavy atom. The third-order valence-electron chi connectivity index (χ3n) is 2.45. The van der Waals surface area contributed by atoms with Crippen molar-refractivity contribution in [1.29, 1.82) is 0 Å². The van der Waals surface area contributed by atoms with Crippen LogP contribution in [-0.4, -0.2) is 26.5 Å². The Labute approximate surface area is 118 Å². The predicted octanol–water partition coefficient (Wildman–Crippen LogP) is 3.31. The van der Waals surface area contributed by atoms with Gasteiger partial charge in [-0.15, -0.1) is 0 Å². The molecule has 1 rings (SSSR count). The van der Waals surface area contributed by atoms with E-state index in [1.54, 1.807) is 0 Å². The number of anilines is 1. The fourth-order valence-electron chi connectivity index (χ4n) is 1.35. The summed E-state index contributed by atoms with van der Waals surface area (Å²) in [6, 6.07) is 3.68. The van der Waals surface area contributed by atoms with Crippen LogP contribution in [-0.2, 0) is 16.0 Å². The van der Waals surface area contributed by atoms with Gasteiger partial charge in [-0.25, -0.2) is 8.42 Å². The van der Waals surface area contributed by atoms with Gasteiger partial charge in [0.1, 0.15) is 0 Å². The topological polar surface area (TPSA) is 46.2 Å². The van der Waals surface area contributed by atoms with E-state index in [0.717, 1.165) is 6.07 Å². The quantitative estimate of drug-likeness (QED) is 0.877. The van der Waals surface area contributed by atoms with Crippen molar-refractivity contribution < 1.29 is 21.6 Å². The van der Waals surface area contributed by atoms with E-state index < -0.39 is 21.6 Å². The van der Waals surface area contributed by atoms with E-state index in [-0.39, 0.29) is 28.2 Å². The molecule has 0 radical (unpaired) electrons. The fraction of sp³-hybridized carbons (Fsp3) is 0.455. The highest BCUT2D eigenvalue weighted by Gasteiger charge is 2.33. The summed E-state index contributed by atoms with van der Waals surface area (Å²) in [7, 11) is -3.13. The van der Waals surface area contributed by atoms with Crippen molar-refractivity contribution in [2.24, 2.45) is 0 Å². The normalized spacial score (nSPS) is 12.5. The lowest BCUT2D eigenvalue weighted by Gasteiger charge is -2.12. The van der Waals surface area contributed by atoms with Gasteiger partial charge in [-0.3, -0.25) is 0 Å². The van der Waals surface area contributed by atoms with Gasteiger partial charge in [0.25, 0.3) is 0 Å². The van der Waals surface area contributed by atoms with Gasteiger partial charge in [-0.05, 0) is 18.2 Å². The highest BCUT2D eigenvalue weighted by atomic mass is 79.9. The molecule has 0 amide bonds. The number of rotatable bonds is 5. The lowest BCUT2D eigenvalue weighted by atomic mass is 10.2. The zero-order valence-corrected chi connectivity index (χ0v) is 12.5. The van der Waals surface area contributed by atoms with E-state index >= 15 is 0 Å². The first-order valence-electron chi connectivity index (χ1n) is 5.47. The lowest BCUT2D eigenvalue weighted by molar-refractivity contribution is -0.138. The lowest BCUT2D eigenvalue weighted by Crippen LogP contribution is -2.17. The second-order valence-electron chi connectivity index (χ2n) is 3.86. The monoisotopic (exact) mass is 359 g/mol. The van der Waals surface area contributed by atoms with Gasteiger partial charge in [-0.1, -0.05) is 22.9 Å². The van der Waals surface area contributed by atoms with Crippen molar-refractivity contribution in [3.63, 3.8) is 0 Å². The van der Waals surface area contributed by atoms with Crippen LogP contribution < -0.4 is 5.32 Å². The first-order valence-corrected chi connectivity index (χ1v) is 8.08. The number of benzene rings is 1. The molecule has 3 nitrogen and oxygen atoms in total. The molecule has 0 aliphatic heterocycles. The van der Waals surface area contributed by atoms with Crippen molar-refractivity contribution in [3.8, 4) is 0 Å². The van der Waals surface area contributed by atoms with Crippen LogP contribution in [0.2, 0.25) is 0 Å². The van der Waals surface area contributed by atoms with E-state index in [1.165, 1.54) is 19.1 Å². The first kappa shape index (κ1) is 16.3. The second kappa shape index (κ2) is 6.13. The van der Waals surface area contributed by atoms with Crippen LogP contribution in [0.3, 0.4) is 0 Å². The molecule has 1 aromatic rings. The second-order valence-corrected chi connectivity index (χ2v) is 7.18. The molecule has 0 fully saturated rings. The van der Waals surface area contributed by atoms with Crippen molar-refractivity contribution in [2.45, 2.75) is 13.1 Å². The highest BCUT2D eigenvalue weighted by Crippen LogP contribution is 2.36. The molecule has 0 heterocycles. The summed E-state index contributed by atoms with van der Waals surface area (Å²) in [5.74, 6) is -0.0935. The van der Waals surface area contributed by atoms with Crippen LogP contribution in [0.4, 0.5) is 18.9 Å². The van der Waals surface area contributed by atoms with Crippen LogP contribution in [0.5, 0.6) is 0 Å². The SMILES string of the molecule is CCS(=O)(=O)CCNc1ccc(Br)c(C(F)(F)F)c1. The average molecular weight is 360 g/mol. The third-order valence-corrected chi connectivity index (χ3v) is 4.85. The summed E-state index contributed by atoms with van der Waals surface area (Å²) in [6.07, 6.45) is -4.45. The zero-order valence-electron chi connectivity index (χ0n) is 10.1. The maximum atomic E-state index is 12.6. The molecule has 19 heavy (non-hydrogen) atoms. The number of nitrogens with one attached hydrogen (secondary N) is 1. The molecule has 108 valence electrons. The van der Waals surface area contributed by atoms with Crippen LogP contribution >= 0.6 is 15.9 Å². The van der Waals surface area contributed by atoms with E-state index in [0.29, 0.717) is 0 Å². The predicted molar refractivity (Wildman–Crippen MR) is 72.0 cm³/mol. The van der Waals surface area contributed by atoms with Gasteiger partial charge >= 0.3 is 6.18 Å². The van der Waals surface area contributed by atoms with Gasteiger partial charge in [-0.2, -0.15) is 13.2 Å². The van der Waals surface area contributed by atoms with Gasteiger partial charge < -0.3 is 5.32 Å². The minimum Gasteiger partial charge on any atom is -0.384 e. The van der Waals surface area contributed by atoms with Crippen molar-refractivity contribution in [2.75, 3.05) is 23.4 Å². The summed E-state index contributed by atoms with van der Waals surface area (Å²) >= 11 is 2.83. The standard InChI is InChI=1S/C11H13BrF3NO2S/c1-2-19(17,18)6-5-16-8-3-4-10(12)9(7-8)11(13,14)15/h3-4,7,16H,2,5-6H2,1H3. The fourth-order valence-corrected chi connectivity index (χ4v) is 2.52. The minimum atomic E-state index is -4.45. The summed E-state index contributed by atoms with van der Waals surface area (Å²) < 4.78 is 60.4. The molecule has 0 aromatic heterocycles. The molecule has 0 saturated heterocycles. The summed E-state index contributed by atoms with van der Waals surface area (Å²) in [4.78, 5) is 0. The van der Waals surface area contributed by atoms with Crippen LogP contribution in [0.1, 0.15) is 12.5 Å². The van der Waals surface area contributed by atoms with Crippen molar-refractivity contribution in [1.82, 2.24) is 0 Å². The van der Waals surface area contributed by atoms with Gasteiger partial charge in [0.05, 0.1) is 11.3 Å². The number of hydrogen-bond acceptors (Lipinski definition) is 3. The Morgan fingerprint density at radius 3 is 2.47 bits per heavy atom. The Kier molecular flexibility index (Phi) is 5.26. The van der Waals surface area contributed by atoms with E-state index in [4.69, 9.17) is 0 Å². The van der Waals surface area contributed by atoms with Gasteiger partial charge in [0.2, 0.25) is 0 Å². The Balaban J connectivity index is 2.76. The summed E-state index contributed by atoms with van der Waals surface area (Å²) in [6.45, 7) is 1.60. The zero-order chi connectivity index (χ0) is 14.7. The number of hydrogen-bond donors (Lipinski definition) is 1. The minimum absolute atomic E-state index is 0.0167. The van der Waals surface area contributed by atoms with Crippen molar-refractivity contribution >= 4 is 31.5 Å². The number of sulfone groups is 1. The smallest absolute Gasteiger partial charge is 0.384 e. The van der Waals surface area contributed by atoms with Crippen molar-refractivity contribution in [3.05, 3.63) is 28.2 Å². The van der Waals surface area contributed by atoms with E-state index in [2.05, 4.69) is 21.2 Å². The molecular weight excluding hydrogens is 347 g/mol. The number of alkyl halides is 3. The highest BCUT2D eigenvalue weighted by molar-refractivity contribution is 9.10. The molecule has 0 aliphatic rings. The maximum Gasteiger partial charge on any atom is 0.417 e. The molecule has 0 bridgehead atoms. The summed E-state index contributed by atoms with van der Waals surface area (Å²) in [5.41, 5.74) is -0.558. The van der Waals surface area contributed by atoms with Crippen LogP contribution in [0.15, 0.2) is 22.7 Å². The molecule has 0 unspecified atom stereocenters. The van der Waals surface area contributed by atoms with E-state index in [9.17, 15) is 21.6 Å². The molecule has 0 spiro atoms. The molecule has 0 aliphatic carbocycles. The molecule has 0 saturated carbocycles. The molecule has 1 aromatic carbocycles. The van der Waals surface area contributed by atoms with E-state index in [1.807, 2.05) is 0 Å². The molecular formula is C11H13BrF3NO2S. The molecule has 1 N–H and O–H groups in total. The van der Waals surface area contributed by atoms with Crippen LogP contribution in [0, 0.1) is 0 Å². The van der Waals surface area contributed by atoms with Gasteiger partial charge in [0.15, 0.2) is 9.84 Å². The Morgan fingerprint density at radius 1 is 1.32 bits per heavy atom. The average Bonchev–Trinajstić information content (AvgIpc) is 2.30. The number of halogens is 4. The van der Waals surface area contributed by atoms with Gasteiger partial charge in [0, 0.05) is 22.5 Å². The van der Waals surface area contributed by atoms with Crippen LogP contribution in [0.25, 0.3) is 0 Å². The first-order chi connectivity index (χ1) is 8.65. The Bertz CT molecular complexity index is 543.